The highest BCUT2D eigenvalue weighted by Gasteiger charge is 2.40. The van der Waals surface area contributed by atoms with Crippen LogP contribution in [0, 0.1) is 11.8 Å². The van der Waals surface area contributed by atoms with Crippen LogP contribution in [0.3, 0.4) is 0 Å². The lowest BCUT2D eigenvalue weighted by Crippen LogP contribution is -2.58. The fraction of sp³-hybridized carbons (Fsp3) is 0.938. The number of piperazine rings is 1. The normalized spacial score (nSPS) is 37.4. The van der Waals surface area contributed by atoms with E-state index >= 15 is 0 Å². The number of amides is 2. The maximum absolute atomic E-state index is 11.7. The van der Waals surface area contributed by atoms with E-state index in [1.165, 1.54) is 32.1 Å². The molecule has 0 aromatic carbocycles. The Kier molecular flexibility index (Phi) is 4.69. The molecule has 2 saturated heterocycles. The van der Waals surface area contributed by atoms with Gasteiger partial charge in [-0.1, -0.05) is 26.2 Å². The molecule has 21 heavy (non-hydrogen) atoms. The van der Waals surface area contributed by atoms with Crippen molar-refractivity contribution in [3.05, 3.63) is 0 Å². The molecule has 0 radical (unpaired) electrons. The number of carbonyl (C=O) groups is 1. The third-order valence-corrected chi connectivity index (χ3v) is 5.80. The number of carbonyl (C=O) groups excluding carboxylic acids is 1. The van der Waals surface area contributed by atoms with Gasteiger partial charge in [0.05, 0.1) is 6.04 Å². The van der Waals surface area contributed by atoms with E-state index < -0.39 is 0 Å². The quantitative estimate of drug-likeness (QED) is 0.820. The number of nitrogens with one attached hydrogen (secondary N) is 1. The van der Waals surface area contributed by atoms with E-state index in [9.17, 15) is 4.79 Å². The summed E-state index contributed by atoms with van der Waals surface area (Å²) in [6, 6.07) is 1.14. The molecule has 120 valence electrons. The third-order valence-electron chi connectivity index (χ3n) is 5.80. The molecule has 3 fully saturated rings. The number of fused-ring (bicyclic) bond motifs is 1. The van der Waals surface area contributed by atoms with Crippen molar-refractivity contribution in [1.82, 2.24) is 15.1 Å². The van der Waals surface area contributed by atoms with Crippen LogP contribution in [-0.4, -0.2) is 60.6 Å². The van der Waals surface area contributed by atoms with Crippen molar-refractivity contribution in [2.75, 3.05) is 32.7 Å². The zero-order chi connectivity index (χ0) is 14.8. The molecule has 5 heteroatoms. The average molecular weight is 294 g/mol. The predicted molar refractivity (Wildman–Crippen MR) is 84.0 cm³/mol. The SMILES string of the molecule is CCCC1CCC(CN)C(N2CCN3C(=O)NCC3C2)C1. The number of nitrogens with zero attached hydrogens (tertiary/aromatic N) is 2. The van der Waals surface area contributed by atoms with Gasteiger partial charge in [0.15, 0.2) is 0 Å². The summed E-state index contributed by atoms with van der Waals surface area (Å²) in [6.07, 6.45) is 6.60. The van der Waals surface area contributed by atoms with Gasteiger partial charge in [0, 0.05) is 32.2 Å². The zero-order valence-electron chi connectivity index (χ0n) is 13.3. The van der Waals surface area contributed by atoms with E-state index in [0.717, 1.165) is 38.6 Å². The molecular weight excluding hydrogens is 264 g/mol. The fourth-order valence-corrected chi connectivity index (χ4v) is 4.62. The molecule has 4 atom stereocenters. The summed E-state index contributed by atoms with van der Waals surface area (Å²) in [5.41, 5.74) is 6.05. The minimum Gasteiger partial charge on any atom is -0.336 e. The standard InChI is InChI=1S/C16H30N4O/c1-2-3-12-4-5-13(9-17)15(8-12)19-6-7-20-14(11-19)10-18-16(20)21/h12-15H,2-11,17H2,1H3,(H,18,21). The first kappa shape index (κ1) is 15.1. The number of hydrogen-bond donors (Lipinski definition) is 2. The van der Waals surface area contributed by atoms with Gasteiger partial charge in [-0.3, -0.25) is 4.90 Å². The molecule has 0 bridgehead atoms. The largest absolute Gasteiger partial charge is 0.336 e. The second-order valence-corrected chi connectivity index (χ2v) is 7.06. The van der Waals surface area contributed by atoms with Crippen LogP contribution >= 0.6 is 0 Å². The molecule has 0 aromatic rings. The Balaban J connectivity index is 1.64. The zero-order valence-corrected chi connectivity index (χ0v) is 13.3. The van der Waals surface area contributed by atoms with Gasteiger partial charge < -0.3 is 16.0 Å². The van der Waals surface area contributed by atoms with Gasteiger partial charge in [0.1, 0.15) is 0 Å². The maximum Gasteiger partial charge on any atom is 0.317 e. The van der Waals surface area contributed by atoms with Crippen LogP contribution in [0.25, 0.3) is 0 Å². The van der Waals surface area contributed by atoms with Crippen molar-refractivity contribution in [2.45, 2.75) is 51.1 Å². The van der Waals surface area contributed by atoms with Crippen LogP contribution in [0.4, 0.5) is 4.79 Å². The van der Waals surface area contributed by atoms with Gasteiger partial charge in [-0.2, -0.15) is 0 Å². The van der Waals surface area contributed by atoms with Gasteiger partial charge in [0.2, 0.25) is 0 Å². The molecule has 2 aliphatic heterocycles. The van der Waals surface area contributed by atoms with Crippen molar-refractivity contribution in [1.29, 1.82) is 0 Å². The van der Waals surface area contributed by atoms with Crippen LogP contribution in [0.1, 0.15) is 39.0 Å². The van der Waals surface area contributed by atoms with E-state index in [2.05, 4.69) is 17.1 Å². The Morgan fingerprint density at radius 1 is 1.33 bits per heavy atom. The topological polar surface area (TPSA) is 61.6 Å². The monoisotopic (exact) mass is 294 g/mol. The minimum absolute atomic E-state index is 0.127. The van der Waals surface area contributed by atoms with Crippen LogP contribution < -0.4 is 11.1 Å². The Morgan fingerprint density at radius 3 is 2.95 bits per heavy atom. The summed E-state index contributed by atoms with van der Waals surface area (Å²) in [7, 11) is 0. The Labute approximate surface area is 128 Å². The maximum atomic E-state index is 11.7. The number of urea groups is 1. The highest BCUT2D eigenvalue weighted by molar-refractivity contribution is 5.77. The van der Waals surface area contributed by atoms with E-state index in [-0.39, 0.29) is 6.03 Å². The van der Waals surface area contributed by atoms with Crippen LogP contribution in [0.5, 0.6) is 0 Å². The van der Waals surface area contributed by atoms with E-state index in [4.69, 9.17) is 5.73 Å². The predicted octanol–water partition coefficient (Wildman–Crippen LogP) is 1.24. The first-order chi connectivity index (χ1) is 10.2. The minimum atomic E-state index is 0.127. The summed E-state index contributed by atoms with van der Waals surface area (Å²) in [5, 5.41) is 2.97. The molecular formula is C16H30N4O. The molecule has 3 N–H and O–H groups in total. The summed E-state index contributed by atoms with van der Waals surface area (Å²) < 4.78 is 0. The molecule has 2 amide bonds. The number of hydrogen-bond acceptors (Lipinski definition) is 3. The van der Waals surface area contributed by atoms with Crippen LogP contribution in [0.15, 0.2) is 0 Å². The number of nitrogens with two attached hydrogens (primary N) is 1. The first-order valence-corrected chi connectivity index (χ1v) is 8.71. The average Bonchev–Trinajstić information content (AvgIpc) is 2.88. The van der Waals surface area contributed by atoms with Crippen molar-refractivity contribution in [3.63, 3.8) is 0 Å². The molecule has 1 aliphatic carbocycles. The van der Waals surface area contributed by atoms with Crippen LogP contribution in [0.2, 0.25) is 0 Å². The van der Waals surface area contributed by atoms with Gasteiger partial charge in [-0.15, -0.1) is 0 Å². The van der Waals surface area contributed by atoms with Gasteiger partial charge in [-0.25, -0.2) is 4.79 Å². The number of rotatable bonds is 4. The van der Waals surface area contributed by atoms with E-state index in [0.29, 0.717) is 18.0 Å². The summed E-state index contributed by atoms with van der Waals surface area (Å²) in [5.74, 6) is 1.53. The second-order valence-electron chi connectivity index (χ2n) is 7.06. The van der Waals surface area contributed by atoms with Gasteiger partial charge >= 0.3 is 6.03 Å². The van der Waals surface area contributed by atoms with Gasteiger partial charge in [-0.05, 0) is 31.2 Å². The molecule has 1 saturated carbocycles. The molecule has 3 rings (SSSR count). The van der Waals surface area contributed by atoms with E-state index in [1.54, 1.807) is 0 Å². The molecule has 4 unspecified atom stereocenters. The van der Waals surface area contributed by atoms with E-state index in [1.807, 2.05) is 4.90 Å². The first-order valence-electron chi connectivity index (χ1n) is 8.71. The smallest absolute Gasteiger partial charge is 0.317 e. The molecule has 3 aliphatic rings. The fourth-order valence-electron chi connectivity index (χ4n) is 4.62. The van der Waals surface area contributed by atoms with Crippen molar-refractivity contribution >= 4 is 6.03 Å². The lowest BCUT2D eigenvalue weighted by Gasteiger charge is -2.47. The van der Waals surface area contributed by atoms with Crippen LogP contribution in [-0.2, 0) is 0 Å². The van der Waals surface area contributed by atoms with Crippen molar-refractivity contribution < 1.29 is 4.79 Å². The Bertz CT molecular complexity index is 375. The third kappa shape index (κ3) is 3.04. The molecule has 0 aromatic heterocycles. The highest BCUT2D eigenvalue weighted by Crippen LogP contribution is 2.35. The second kappa shape index (κ2) is 6.53. The Hall–Kier alpha value is -0.810. The highest BCUT2D eigenvalue weighted by atomic mass is 16.2. The lowest BCUT2D eigenvalue weighted by atomic mass is 9.75. The molecule has 5 nitrogen and oxygen atoms in total. The molecule has 0 spiro atoms. The Morgan fingerprint density at radius 2 is 2.19 bits per heavy atom. The summed E-state index contributed by atoms with van der Waals surface area (Å²) >= 11 is 0. The van der Waals surface area contributed by atoms with Gasteiger partial charge in [0.25, 0.3) is 0 Å². The summed E-state index contributed by atoms with van der Waals surface area (Å²) in [6.45, 7) is 6.84. The van der Waals surface area contributed by atoms with Crippen molar-refractivity contribution in [2.24, 2.45) is 17.6 Å². The summed E-state index contributed by atoms with van der Waals surface area (Å²) in [4.78, 5) is 16.4. The van der Waals surface area contributed by atoms with Crippen molar-refractivity contribution in [3.8, 4) is 0 Å². The molecule has 2 heterocycles. The lowest BCUT2D eigenvalue weighted by molar-refractivity contribution is 0.0312.